The maximum atomic E-state index is 9.65. The van der Waals surface area contributed by atoms with Crippen LogP contribution in [0.25, 0.3) is 0 Å². The monoisotopic (exact) mass is 606 g/mol. The van der Waals surface area contributed by atoms with Crippen molar-refractivity contribution in [2.75, 3.05) is 0 Å². The summed E-state index contributed by atoms with van der Waals surface area (Å²) < 4.78 is 0. The van der Waals surface area contributed by atoms with E-state index < -0.39 is 5.41 Å². The molecule has 0 aromatic heterocycles. The molecule has 0 bridgehead atoms. The van der Waals surface area contributed by atoms with Crippen molar-refractivity contribution < 1.29 is 20.4 Å². The fourth-order valence-corrected chi connectivity index (χ4v) is 5.23. The second-order valence-corrected chi connectivity index (χ2v) is 11.6. The molecule has 0 amide bonds. The smallest absolute Gasteiger partial charge is 0.152 e. The number of benzene rings is 4. The summed E-state index contributed by atoms with van der Waals surface area (Å²) in [7, 11) is 0. The van der Waals surface area contributed by atoms with Crippen molar-refractivity contribution in [1.29, 1.82) is 0 Å². The lowest BCUT2D eigenvalue weighted by Crippen LogP contribution is -2.22. The third-order valence-corrected chi connectivity index (χ3v) is 8.35. The predicted octanol–water partition coefficient (Wildman–Crippen LogP) is 9.85. The van der Waals surface area contributed by atoms with Crippen LogP contribution < -0.4 is 0 Å². The van der Waals surface area contributed by atoms with Gasteiger partial charge in [-0.15, -0.1) is 0 Å². The maximum Gasteiger partial charge on any atom is 0.152 e. The molecule has 0 heterocycles. The summed E-state index contributed by atoms with van der Waals surface area (Å²) in [5, 5.41) is 38.7. The Balaban J connectivity index is 0.000000218. The molecular formula is C31H30Cl4O4. The highest BCUT2D eigenvalue weighted by Crippen LogP contribution is 2.43. The van der Waals surface area contributed by atoms with Gasteiger partial charge in [0.25, 0.3) is 0 Å². The molecule has 4 aromatic rings. The summed E-state index contributed by atoms with van der Waals surface area (Å²) in [6.07, 6.45) is 0.947. The number of halogens is 4. The van der Waals surface area contributed by atoms with Crippen molar-refractivity contribution in [2.45, 2.75) is 44.9 Å². The van der Waals surface area contributed by atoms with Gasteiger partial charge in [-0.05, 0) is 77.2 Å². The topological polar surface area (TPSA) is 80.9 Å². The van der Waals surface area contributed by atoms with Crippen LogP contribution >= 0.6 is 46.4 Å². The number of hydrogen-bond donors (Lipinski definition) is 4. The normalized spacial score (nSPS) is 11.6. The Morgan fingerprint density at radius 2 is 0.795 bits per heavy atom. The lowest BCUT2D eigenvalue weighted by atomic mass is 9.74. The largest absolute Gasteiger partial charge is 0.508 e. The molecule has 0 fully saturated rings. The number of rotatable bonds is 5. The fourth-order valence-electron chi connectivity index (χ4n) is 4.25. The first-order valence-corrected chi connectivity index (χ1v) is 13.7. The van der Waals surface area contributed by atoms with E-state index in [2.05, 4.69) is 13.8 Å². The maximum absolute atomic E-state index is 9.65. The van der Waals surface area contributed by atoms with E-state index in [1.165, 1.54) is 0 Å². The van der Waals surface area contributed by atoms with Crippen LogP contribution in [0.5, 0.6) is 23.0 Å². The first-order valence-electron chi connectivity index (χ1n) is 12.2. The van der Waals surface area contributed by atoms with Gasteiger partial charge in [0, 0.05) is 10.8 Å². The average molecular weight is 608 g/mol. The van der Waals surface area contributed by atoms with E-state index in [1.807, 2.05) is 38.1 Å². The molecule has 0 aliphatic carbocycles. The van der Waals surface area contributed by atoms with Gasteiger partial charge in [-0.25, -0.2) is 0 Å². The van der Waals surface area contributed by atoms with Gasteiger partial charge in [0.2, 0.25) is 0 Å². The Morgan fingerprint density at radius 1 is 0.513 bits per heavy atom. The lowest BCUT2D eigenvalue weighted by Gasteiger charge is -2.29. The summed E-state index contributed by atoms with van der Waals surface area (Å²) in [4.78, 5) is 0. The Labute approximate surface area is 249 Å². The summed E-state index contributed by atoms with van der Waals surface area (Å²) in [5.74, 6) is 0.255. The van der Waals surface area contributed by atoms with E-state index in [0.29, 0.717) is 0 Å². The van der Waals surface area contributed by atoms with E-state index in [0.717, 1.165) is 28.7 Å². The molecular weight excluding hydrogens is 578 g/mol. The number of hydrogen-bond acceptors (Lipinski definition) is 4. The third kappa shape index (κ3) is 6.70. The zero-order valence-electron chi connectivity index (χ0n) is 21.9. The van der Waals surface area contributed by atoms with Gasteiger partial charge in [-0.3, -0.25) is 0 Å². The minimum Gasteiger partial charge on any atom is -0.508 e. The molecule has 4 nitrogen and oxygen atoms in total. The first-order chi connectivity index (χ1) is 18.2. The van der Waals surface area contributed by atoms with Crippen LogP contribution in [0.3, 0.4) is 0 Å². The van der Waals surface area contributed by atoms with E-state index in [4.69, 9.17) is 46.4 Å². The van der Waals surface area contributed by atoms with Gasteiger partial charge in [-0.2, -0.15) is 0 Å². The van der Waals surface area contributed by atoms with Crippen molar-refractivity contribution in [3.05, 3.63) is 115 Å². The second kappa shape index (κ2) is 12.2. The summed E-state index contributed by atoms with van der Waals surface area (Å²) >= 11 is 23.9. The minimum atomic E-state index is -0.526. The van der Waals surface area contributed by atoms with Crippen LogP contribution in [0.1, 0.15) is 56.4 Å². The highest BCUT2D eigenvalue weighted by atomic mass is 35.5. The van der Waals surface area contributed by atoms with Crippen LogP contribution in [0.15, 0.2) is 72.8 Å². The van der Waals surface area contributed by atoms with Crippen molar-refractivity contribution in [3.63, 3.8) is 0 Å². The van der Waals surface area contributed by atoms with Gasteiger partial charge in [0.05, 0.1) is 20.1 Å². The molecule has 8 heteroatoms. The van der Waals surface area contributed by atoms with Crippen molar-refractivity contribution in [2.24, 2.45) is 0 Å². The van der Waals surface area contributed by atoms with E-state index in [1.54, 1.807) is 48.5 Å². The molecule has 4 rings (SSSR count). The third-order valence-electron chi connectivity index (χ3n) is 7.19. The molecule has 0 saturated carbocycles. The Bertz CT molecular complexity index is 1300. The molecule has 0 aliphatic rings. The van der Waals surface area contributed by atoms with Crippen LogP contribution in [0, 0.1) is 0 Å². The van der Waals surface area contributed by atoms with Crippen molar-refractivity contribution >= 4 is 46.4 Å². The number of phenolic OH excluding ortho intramolecular Hbond substituents is 4. The molecule has 0 atom stereocenters. The molecule has 0 aliphatic heterocycles. The average Bonchev–Trinajstić information content (AvgIpc) is 2.90. The molecule has 0 spiro atoms. The Morgan fingerprint density at radius 3 is 1.05 bits per heavy atom. The zero-order chi connectivity index (χ0) is 29.1. The standard InChI is InChI=1S/C16H18O2.C15H12Cl4O2/c1-3-16(2,12-4-8-14(17)9-5-12)13-6-10-15(18)11-7-13;1-15(2,7-3-9(16)13(20)10(17)4-7)8-5-11(18)14(21)12(19)6-8/h4-11,17-18H,3H2,1-2H3;3-6,20-21H,1-2H3. The van der Waals surface area contributed by atoms with E-state index >= 15 is 0 Å². The summed E-state index contributed by atoms with van der Waals surface area (Å²) in [6.45, 7) is 8.18. The van der Waals surface area contributed by atoms with Gasteiger partial charge in [-0.1, -0.05) is 98.4 Å². The van der Waals surface area contributed by atoms with Gasteiger partial charge < -0.3 is 20.4 Å². The molecule has 4 N–H and O–H groups in total. The SMILES string of the molecule is CC(C)(c1cc(Cl)c(O)c(Cl)c1)c1cc(Cl)c(O)c(Cl)c1.CCC(C)(c1ccc(O)cc1)c1ccc(O)cc1. The summed E-state index contributed by atoms with van der Waals surface area (Å²) in [6, 6.07) is 21.2. The summed E-state index contributed by atoms with van der Waals surface area (Å²) in [5.41, 5.74) is 3.26. The predicted molar refractivity (Wildman–Crippen MR) is 161 cm³/mol. The number of aromatic hydroxyl groups is 4. The van der Waals surface area contributed by atoms with Gasteiger partial charge in [0.1, 0.15) is 11.5 Å². The van der Waals surface area contributed by atoms with Crippen molar-refractivity contribution in [1.82, 2.24) is 0 Å². The van der Waals surface area contributed by atoms with Crippen LogP contribution in [0.4, 0.5) is 0 Å². The van der Waals surface area contributed by atoms with Gasteiger partial charge >= 0.3 is 0 Å². The molecule has 0 saturated heterocycles. The molecule has 206 valence electrons. The zero-order valence-corrected chi connectivity index (χ0v) is 25.0. The molecule has 4 aromatic carbocycles. The van der Waals surface area contributed by atoms with Crippen LogP contribution in [-0.4, -0.2) is 20.4 Å². The first kappa shape index (κ1) is 30.8. The Hall–Kier alpha value is -2.76. The molecule has 39 heavy (non-hydrogen) atoms. The highest BCUT2D eigenvalue weighted by molar-refractivity contribution is 6.37. The van der Waals surface area contributed by atoms with Crippen LogP contribution in [-0.2, 0) is 10.8 Å². The molecule has 0 unspecified atom stereocenters. The van der Waals surface area contributed by atoms with Gasteiger partial charge in [0.15, 0.2) is 11.5 Å². The molecule has 0 radical (unpaired) electrons. The Kier molecular flexibility index (Phi) is 9.61. The highest BCUT2D eigenvalue weighted by Gasteiger charge is 2.28. The second-order valence-electron chi connectivity index (χ2n) is 9.98. The lowest BCUT2D eigenvalue weighted by molar-refractivity contribution is 0.472. The van der Waals surface area contributed by atoms with Crippen LogP contribution in [0.2, 0.25) is 20.1 Å². The minimum absolute atomic E-state index is 0.110. The van der Waals surface area contributed by atoms with E-state index in [9.17, 15) is 20.4 Å². The quantitative estimate of drug-likeness (QED) is 0.182. The fraction of sp³-hybridized carbons (Fsp3) is 0.226. The number of phenols is 4. The van der Waals surface area contributed by atoms with Crippen molar-refractivity contribution in [3.8, 4) is 23.0 Å². The van der Waals surface area contributed by atoms with E-state index in [-0.39, 0.29) is 48.5 Å².